The fraction of sp³-hybridized carbons (Fsp3) is 0.667. The van der Waals surface area contributed by atoms with Gasteiger partial charge < -0.3 is 15.5 Å². The highest BCUT2D eigenvalue weighted by atomic mass is 127. The molecule has 26 heavy (non-hydrogen) atoms. The highest BCUT2D eigenvalue weighted by Crippen LogP contribution is 2.18. The number of hydrogen-bond donors (Lipinski definition) is 2. The van der Waals surface area contributed by atoms with Crippen LogP contribution in [0.5, 0.6) is 0 Å². The Kier molecular flexibility index (Phi) is 10.5. The van der Waals surface area contributed by atoms with Gasteiger partial charge in [0.05, 0.1) is 12.2 Å². The summed E-state index contributed by atoms with van der Waals surface area (Å²) in [4.78, 5) is 13.8. The topological polar surface area (TPSA) is 55.8 Å². The SMILES string of the molecule is C=C(C)CN1CCC(NC(=NCc2csc(N(C)C)n2)NCC)CC1.I. The largest absolute Gasteiger partial charge is 0.357 e. The maximum absolute atomic E-state index is 4.71. The Balaban J connectivity index is 0.00000338. The van der Waals surface area contributed by atoms with Crippen LogP contribution in [-0.4, -0.2) is 62.2 Å². The molecule has 1 aliphatic heterocycles. The Bertz CT molecular complexity index is 578. The van der Waals surface area contributed by atoms with Crippen LogP contribution in [0.4, 0.5) is 5.13 Å². The van der Waals surface area contributed by atoms with E-state index < -0.39 is 0 Å². The summed E-state index contributed by atoms with van der Waals surface area (Å²) in [6.45, 7) is 12.9. The molecule has 0 spiro atoms. The summed E-state index contributed by atoms with van der Waals surface area (Å²) in [6.07, 6.45) is 2.28. The predicted molar refractivity (Wildman–Crippen MR) is 124 cm³/mol. The minimum Gasteiger partial charge on any atom is -0.357 e. The molecular weight excluding hydrogens is 459 g/mol. The summed E-state index contributed by atoms with van der Waals surface area (Å²) in [5.74, 6) is 0.889. The molecule has 2 N–H and O–H groups in total. The molecule has 0 amide bonds. The van der Waals surface area contributed by atoms with Crippen LogP contribution in [0.2, 0.25) is 0 Å². The number of aliphatic imine (C=N–C) groups is 1. The van der Waals surface area contributed by atoms with E-state index >= 15 is 0 Å². The van der Waals surface area contributed by atoms with E-state index in [9.17, 15) is 0 Å². The van der Waals surface area contributed by atoms with E-state index in [1.807, 2.05) is 19.0 Å². The van der Waals surface area contributed by atoms with Crippen molar-refractivity contribution in [1.82, 2.24) is 20.5 Å². The highest BCUT2D eigenvalue weighted by molar-refractivity contribution is 14.0. The van der Waals surface area contributed by atoms with Gasteiger partial charge in [-0.15, -0.1) is 35.3 Å². The molecular formula is C18H33IN6S. The highest BCUT2D eigenvalue weighted by Gasteiger charge is 2.19. The van der Waals surface area contributed by atoms with Gasteiger partial charge in [-0.3, -0.25) is 4.90 Å². The van der Waals surface area contributed by atoms with Crippen LogP contribution in [0, 0.1) is 0 Å². The summed E-state index contributed by atoms with van der Waals surface area (Å²) in [5.41, 5.74) is 2.25. The third-order valence-corrected chi connectivity index (χ3v) is 5.14. The second kappa shape index (κ2) is 11.8. The van der Waals surface area contributed by atoms with Gasteiger partial charge in [0.15, 0.2) is 11.1 Å². The zero-order valence-corrected chi connectivity index (χ0v) is 19.6. The first-order valence-electron chi connectivity index (χ1n) is 9.01. The van der Waals surface area contributed by atoms with Gasteiger partial charge in [-0.1, -0.05) is 12.2 Å². The van der Waals surface area contributed by atoms with Crippen molar-refractivity contribution in [3.8, 4) is 0 Å². The number of guanidine groups is 1. The second-order valence-electron chi connectivity index (χ2n) is 6.86. The van der Waals surface area contributed by atoms with Crippen molar-refractivity contribution in [1.29, 1.82) is 0 Å². The summed E-state index contributed by atoms with van der Waals surface area (Å²) >= 11 is 1.66. The van der Waals surface area contributed by atoms with E-state index in [0.29, 0.717) is 12.6 Å². The van der Waals surface area contributed by atoms with E-state index in [4.69, 9.17) is 4.99 Å². The second-order valence-corrected chi connectivity index (χ2v) is 7.70. The van der Waals surface area contributed by atoms with Crippen LogP contribution in [0.15, 0.2) is 22.5 Å². The number of nitrogens with one attached hydrogen (secondary N) is 2. The number of piperidine rings is 1. The fourth-order valence-electron chi connectivity index (χ4n) is 2.86. The summed E-state index contributed by atoms with van der Waals surface area (Å²) < 4.78 is 0. The zero-order valence-electron chi connectivity index (χ0n) is 16.4. The van der Waals surface area contributed by atoms with Crippen molar-refractivity contribution in [2.75, 3.05) is 45.2 Å². The summed E-state index contributed by atoms with van der Waals surface area (Å²) in [6, 6.07) is 0.479. The molecule has 0 bridgehead atoms. The molecule has 0 radical (unpaired) electrons. The maximum atomic E-state index is 4.71. The Labute approximate surface area is 179 Å². The lowest BCUT2D eigenvalue weighted by molar-refractivity contribution is 0.221. The van der Waals surface area contributed by atoms with Crippen molar-refractivity contribution in [3.63, 3.8) is 0 Å². The number of halogens is 1. The lowest BCUT2D eigenvalue weighted by atomic mass is 10.0. The van der Waals surface area contributed by atoms with Crippen molar-refractivity contribution in [3.05, 3.63) is 23.2 Å². The Morgan fingerprint density at radius 2 is 2.12 bits per heavy atom. The van der Waals surface area contributed by atoms with Gasteiger partial charge in [0.25, 0.3) is 0 Å². The number of anilines is 1. The summed E-state index contributed by atoms with van der Waals surface area (Å²) in [5, 5.41) is 10.0. The minimum atomic E-state index is 0. The van der Waals surface area contributed by atoms with Gasteiger partial charge in [0.2, 0.25) is 0 Å². The third kappa shape index (κ3) is 7.79. The number of hydrogen-bond acceptors (Lipinski definition) is 5. The molecule has 8 heteroatoms. The lowest BCUT2D eigenvalue weighted by Crippen LogP contribution is -2.48. The molecule has 2 rings (SSSR count). The summed E-state index contributed by atoms with van der Waals surface area (Å²) in [7, 11) is 4.02. The monoisotopic (exact) mass is 492 g/mol. The molecule has 0 saturated carbocycles. The number of aromatic nitrogens is 1. The van der Waals surface area contributed by atoms with Gasteiger partial charge in [0.1, 0.15) is 0 Å². The van der Waals surface area contributed by atoms with Crippen LogP contribution in [-0.2, 0) is 6.54 Å². The van der Waals surface area contributed by atoms with Crippen LogP contribution in [0.25, 0.3) is 0 Å². The Morgan fingerprint density at radius 3 is 2.65 bits per heavy atom. The molecule has 0 aromatic carbocycles. The molecule has 6 nitrogen and oxygen atoms in total. The molecule has 1 aromatic rings. The van der Waals surface area contributed by atoms with Gasteiger partial charge in [-0.25, -0.2) is 9.98 Å². The van der Waals surface area contributed by atoms with Gasteiger partial charge >= 0.3 is 0 Å². The van der Waals surface area contributed by atoms with E-state index in [2.05, 4.69) is 46.3 Å². The van der Waals surface area contributed by atoms with Gasteiger partial charge in [-0.2, -0.15) is 0 Å². The quantitative estimate of drug-likeness (QED) is 0.265. The van der Waals surface area contributed by atoms with Crippen molar-refractivity contribution < 1.29 is 0 Å². The van der Waals surface area contributed by atoms with Crippen molar-refractivity contribution in [2.24, 2.45) is 4.99 Å². The fourth-order valence-corrected chi connectivity index (χ4v) is 3.61. The number of thiazole rings is 1. The minimum absolute atomic E-state index is 0. The van der Waals surface area contributed by atoms with Crippen molar-refractivity contribution >= 4 is 46.4 Å². The first kappa shape index (κ1) is 23.2. The number of likely N-dealkylation sites (tertiary alicyclic amines) is 1. The third-order valence-electron chi connectivity index (χ3n) is 4.09. The standard InChI is InChI=1S/C18H32N6S.HI/c1-6-19-17(20-11-16-13-25-18(22-16)23(4)5)21-15-7-9-24(10-8-15)12-14(2)3;/h13,15H,2,6-12H2,1,3-5H3,(H2,19,20,21);1H. The number of rotatable bonds is 7. The first-order chi connectivity index (χ1) is 12.0. The molecule has 0 atom stereocenters. The van der Waals surface area contributed by atoms with E-state index in [1.54, 1.807) is 11.3 Å². The van der Waals surface area contributed by atoms with E-state index in [-0.39, 0.29) is 24.0 Å². The van der Waals surface area contributed by atoms with Crippen molar-refractivity contribution in [2.45, 2.75) is 39.3 Å². The molecule has 148 valence electrons. The Hall–Kier alpha value is -0.870. The van der Waals surface area contributed by atoms with E-state index in [1.165, 1.54) is 5.57 Å². The molecule has 1 aromatic heterocycles. The van der Waals surface area contributed by atoms with Crippen LogP contribution >= 0.6 is 35.3 Å². The molecule has 0 aliphatic carbocycles. The van der Waals surface area contributed by atoms with Crippen LogP contribution < -0.4 is 15.5 Å². The lowest BCUT2D eigenvalue weighted by Gasteiger charge is -2.33. The molecule has 1 saturated heterocycles. The molecule has 0 unspecified atom stereocenters. The van der Waals surface area contributed by atoms with Gasteiger partial charge in [-0.05, 0) is 26.7 Å². The molecule has 1 fully saturated rings. The predicted octanol–water partition coefficient (Wildman–Crippen LogP) is 2.92. The maximum Gasteiger partial charge on any atom is 0.191 e. The normalized spacial score (nSPS) is 16.1. The molecule has 2 heterocycles. The van der Waals surface area contributed by atoms with Crippen LogP contribution in [0.1, 0.15) is 32.4 Å². The van der Waals surface area contributed by atoms with E-state index in [0.717, 1.165) is 55.8 Å². The molecule has 1 aliphatic rings. The zero-order chi connectivity index (χ0) is 18.2. The number of nitrogens with zero attached hydrogens (tertiary/aromatic N) is 4. The van der Waals surface area contributed by atoms with Gasteiger partial charge in [0, 0.05) is 51.7 Å². The Morgan fingerprint density at radius 1 is 1.42 bits per heavy atom. The average molecular weight is 492 g/mol. The average Bonchev–Trinajstić information content (AvgIpc) is 3.03. The smallest absolute Gasteiger partial charge is 0.191 e. The first-order valence-corrected chi connectivity index (χ1v) is 9.89. The van der Waals surface area contributed by atoms with Crippen LogP contribution in [0.3, 0.4) is 0 Å².